The standard InChI is InChI=1S/C15H16N4O2S2/c16-10-12-4-1-2-6-14(12)19-9-3-5-13(11-19)18-23(20,21)15-7-8-17-22-15/h1-2,4,6-8,13,18H,3,5,9,11H2. The first-order valence-electron chi connectivity index (χ1n) is 7.27. The van der Waals surface area contributed by atoms with Crippen LogP contribution in [0.15, 0.2) is 40.7 Å². The molecule has 0 aliphatic carbocycles. The topological polar surface area (TPSA) is 86.1 Å². The number of nitrogens with zero attached hydrogens (tertiary/aromatic N) is 3. The van der Waals surface area contributed by atoms with Crippen LogP contribution >= 0.6 is 11.5 Å². The number of aromatic nitrogens is 1. The Labute approximate surface area is 139 Å². The van der Waals surface area contributed by atoms with Gasteiger partial charge in [0.05, 0.1) is 11.3 Å². The second-order valence-corrected chi connectivity index (χ2v) is 8.14. The van der Waals surface area contributed by atoms with Crippen LogP contribution in [-0.4, -0.2) is 31.9 Å². The summed E-state index contributed by atoms with van der Waals surface area (Å²) in [6.45, 7) is 1.37. The van der Waals surface area contributed by atoms with Crippen LogP contribution in [0.2, 0.25) is 0 Å². The van der Waals surface area contributed by atoms with Crippen molar-refractivity contribution in [2.75, 3.05) is 18.0 Å². The van der Waals surface area contributed by atoms with Crippen LogP contribution in [0.3, 0.4) is 0 Å². The maximum atomic E-state index is 12.3. The van der Waals surface area contributed by atoms with Crippen LogP contribution in [-0.2, 0) is 10.0 Å². The normalized spacial score (nSPS) is 18.6. The van der Waals surface area contributed by atoms with E-state index < -0.39 is 10.0 Å². The third-order valence-corrected chi connectivity index (χ3v) is 6.52. The van der Waals surface area contributed by atoms with Crippen LogP contribution in [0.1, 0.15) is 18.4 Å². The highest BCUT2D eigenvalue weighted by atomic mass is 32.2. The maximum Gasteiger partial charge on any atom is 0.251 e. The summed E-state index contributed by atoms with van der Waals surface area (Å²) in [7, 11) is -3.52. The molecule has 1 aromatic carbocycles. The lowest BCUT2D eigenvalue weighted by Crippen LogP contribution is -2.47. The third-order valence-electron chi connectivity index (χ3n) is 3.79. The molecule has 1 N–H and O–H groups in total. The van der Waals surface area contributed by atoms with Gasteiger partial charge in [-0.25, -0.2) is 13.1 Å². The average molecular weight is 348 g/mol. The molecule has 3 rings (SSSR count). The summed E-state index contributed by atoms with van der Waals surface area (Å²) < 4.78 is 31.5. The molecule has 1 aliphatic heterocycles. The second kappa shape index (κ2) is 6.66. The lowest BCUT2D eigenvalue weighted by atomic mass is 10.0. The Bertz CT molecular complexity index is 812. The largest absolute Gasteiger partial charge is 0.369 e. The molecular formula is C15H16N4O2S2. The van der Waals surface area contributed by atoms with E-state index in [0.29, 0.717) is 12.1 Å². The van der Waals surface area contributed by atoms with Crippen LogP contribution in [0.25, 0.3) is 0 Å². The molecule has 1 saturated heterocycles. The van der Waals surface area contributed by atoms with E-state index in [-0.39, 0.29) is 10.3 Å². The first-order valence-corrected chi connectivity index (χ1v) is 9.53. The third kappa shape index (κ3) is 3.52. The number of nitrogens with one attached hydrogen (secondary N) is 1. The van der Waals surface area contributed by atoms with Crippen LogP contribution in [0.4, 0.5) is 5.69 Å². The molecule has 2 heterocycles. The van der Waals surface area contributed by atoms with Gasteiger partial charge < -0.3 is 4.90 Å². The fourth-order valence-electron chi connectivity index (χ4n) is 2.76. The second-order valence-electron chi connectivity index (χ2n) is 5.37. The van der Waals surface area contributed by atoms with Gasteiger partial charge in [-0.3, -0.25) is 0 Å². The molecule has 1 aromatic heterocycles. The van der Waals surface area contributed by atoms with E-state index in [9.17, 15) is 13.7 Å². The summed E-state index contributed by atoms with van der Waals surface area (Å²) >= 11 is 0.965. The molecule has 1 fully saturated rings. The molecule has 8 heteroatoms. The van der Waals surface area contributed by atoms with Gasteiger partial charge in [0.2, 0.25) is 0 Å². The highest BCUT2D eigenvalue weighted by Crippen LogP contribution is 2.24. The summed E-state index contributed by atoms with van der Waals surface area (Å²) in [5.74, 6) is 0. The fourth-order valence-corrected chi connectivity index (χ4v) is 4.76. The van der Waals surface area contributed by atoms with E-state index in [1.165, 1.54) is 12.3 Å². The highest BCUT2D eigenvalue weighted by Gasteiger charge is 2.27. The predicted octanol–water partition coefficient (Wildman–Crippen LogP) is 1.96. The number of hydrogen-bond acceptors (Lipinski definition) is 6. The monoisotopic (exact) mass is 348 g/mol. The van der Waals surface area contributed by atoms with Gasteiger partial charge in [0.25, 0.3) is 10.0 Å². The van der Waals surface area contributed by atoms with E-state index in [1.807, 2.05) is 18.2 Å². The minimum atomic E-state index is -3.52. The van der Waals surface area contributed by atoms with Crippen LogP contribution < -0.4 is 9.62 Å². The van der Waals surface area contributed by atoms with Crippen molar-refractivity contribution < 1.29 is 8.42 Å². The number of para-hydroxylation sites is 1. The van der Waals surface area contributed by atoms with Crippen molar-refractivity contribution in [3.63, 3.8) is 0 Å². The van der Waals surface area contributed by atoms with Gasteiger partial charge in [-0.05, 0) is 42.6 Å². The number of rotatable bonds is 4. The van der Waals surface area contributed by atoms with Gasteiger partial charge in [-0.15, -0.1) is 0 Å². The quantitative estimate of drug-likeness (QED) is 0.913. The van der Waals surface area contributed by atoms with Gasteiger partial charge in [0.15, 0.2) is 4.21 Å². The van der Waals surface area contributed by atoms with Gasteiger partial charge >= 0.3 is 0 Å². The zero-order chi connectivity index (χ0) is 16.3. The molecule has 6 nitrogen and oxygen atoms in total. The van der Waals surface area contributed by atoms with E-state index in [1.54, 1.807) is 6.07 Å². The molecule has 120 valence electrons. The summed E-state index contributed by atoms with van der Waals surface area (Å²) in [6, 6.07) is 10.9. The van der Waals surface area contributed by atoms with Gasteiger partial charge in [-0.2, -0.15) is 9.64 Å². The molecule has 0 saturated carbocycles. The van der Waals surface area contributed by atoms with Crippen LogP contribution in [0.5, 0.6) is 0 Å². The number of anilines is 1. The first-order chi connectivity index (χ1) is 11.1. The Kier molecular flexibility index (Phi) is 4.61. The first kappa shape index (κ1) is 15.9. The van der Waals surface area contributed by atoms with Crippen molar-refractivity contribution >= 4 is 27.2 Å². The van der Waals surface area contributed by atoms with E-state index in [2.05, 4.69) is 20.1 Å². The zero-order valence-electron chi connectivity index (χ0n) is 12.3. The van der Waals surface area contributed by atoms with E-state index in [0.717, 1.165) is 36.6 Å². The van der Waals surface area contributed by atoms with Gasteiger partial charge in [-0.1, -0.05) is 12.1 Å². The predicted molar refractivity (Wildman–Crippen MR) is 88.8 cm³/mol. The number of piperidine rings is 1. The minimum absolute atomic E-state index is 0.178. The number of nitriles is 1. The zero-order valence-corrected chi connectivity index (χ0v) is 14.0. The smallest absolute Gasteiger partial charge is 0.251 e. The van der Waals surface area contributed by atoms with Crippen molar-refractivity contribution in [2.45, 2.75) is 23.1 Å². The fraction of sp³-hybridized carbons (Fsp3) is 0.333. The Morgan fingerprint density at radius 2 is 2.17 bits per heavy atom. The lowest BCUT2D eigenvalue weighted by molar-refractivity contribution is 0.466. The summed E-state index contributed by atoms with van der Waals surface area (Å²) in [6.07, 6.45) is 3.13. The van der Waals surface area contributed by atoms with Crippen molar-refractivity contribution in [3.05, 3.63) is 42.1 Å². The van der Waals surface area contributed by atoms with E-state index in [4.69, 9.17) is 0 Å². The SMILES string of the molecule is N#Cc1ccccc1N1CCCC(NS(=O)(=O)c2ccns2)C1. The van der Waals surface area contributed by atoms with Crippen LogP contribution in [0, 0.1) is 11.3 Å². The Hall–Kier alpha value is -1.95. The van der Waals surface area contributed by atoms with Gasteiger partial charge in [0.1, 0.15) is 6.07 Å². The van der Waals surface area contributed by atoms with Crippen molar-refractivity contribution in [1.29, 1.82) is 5.26 Å². The average Bonchev–Trinajstić information content (AvgIpc) is 3.10. The molecule has 1 unspecified atom stereocenters. The van der Waals surface area contributed by atoms with Crippen molar-refractivity contribution in [3.8, 4) is 6.07 Å². The number of sulfonamides is 1. The van der Waals surface area contributed by atoms with Gasteiger partial charge in [0, 0.05) is 25.3 Å². The minimum Gasteiger partial charge on any atom is -0.369 e. The molecular weight excluding hydrogens is 332 g/mol. The molecule has 23 heavy (non-hydrogen) atoms. The number of hydrogen-bond donors (Lipinski definition) is 1. The number of benzene rings is 1. The summed E-state index contributed by atoms with van der Waals surface area (Å²) in [4.78, 5) is 2.07. The maximum absolute atomic E-state index is 12.3. The van der Waals surface area contributed by atoms with Crippen molar-refractivity contribution in [1.82, 2.24) is 9.10 Å². The molecule has 1 aliphatic rings. The highest BCUT2D eigenvalue weighted by molar-refractivity contribution is 7.91. The molecule has 0 amide bonds. The summed E-state index contributed by atoms with van der Waals surface area (Å²) in [5.41, 5.74) is 1.47. The Morgan fingerprint density at radius 1 is 1.35 bits per heavy atom. The van der Waals surface area contributed by atoms with E-state index >= 15 is 0 Å². The molecule has 2 aromatic rings. The Balaban J connectivity index is 1.76. The molecule has 1 atom stereocenters. The Morgan fingerprint density at radius 3 is 2.91 bits per heavy atom. The molecule has 0 bridgehead atoms. The van der Waals surface area contributed by atoms with Crippen molar-refractivity contribution in [2.24, 2.45) is 0 Å². The molecule has 0 spiro atoms. The summed E-state index contributed by atoms with van der Waals surface area (Å²) in [5, 5.41) is 9.23. The molecule has 0 radical (unpaired) electrons. The lowest BCUT2D eigenvalue weighted by Gasteiger charge is -2.34.